The number of nitrogens with one attached hydrogen (secondary N) is 1. The first-order valence-electron chi connectivity index (χ1n) is 26.8. The number of rotatable bonds is 15. The number of hydrogen-bond donors (Lipinski definition) is 5. The van der Waals surface area contributed by atoms with Crippen LogP contribution in [0.5, 0.6) is 28.7 Å². The van der Waals surface area contributed by atoms with E-state index in [0.29, 0.717) is 56.9 Å². The Morgan fingerprint density at radius 3 is 2.30 bits per heavy atom. The van der Waals surface area contributed by atoms with Gasteiger partial charge in [-0.25, -0.2) is 0 Å². The van der Waals surface area contributed by atoms with Crippen LogP contribution in [0.3, 0.4) is 0 Å². The van der Waals surface area contributed by atoms with Crippen LogP contribution in [-0.4, -0.2) is 84.7 Å². The van der Waals surface area contributed by atoms with E-state index >= 15 is 0 Å². The van der Waals surface area contributed by atoms with Gasteiger partial charge in [0.2, 0.25) is 0 Å². The van der Waals surface area contributed by atoms with Crippen LogP contribution in [0.15, 0.2) is 121 Å². The van der Waals surface area contributed by atoms with Gasteiger partial charge in [-0.05, 0) is 189 Å². The lowest BCUT2D eigenvalue weighted by Gasteiger charge is -2.66. The lowest BCUT2D eigenvalue weighted by molar-refractivity contribution is -0.170. The Morgan fingerprint density at radius 2 is 1.50 bits per heavy atom. The molecule has 0 heterocycles. The van der Waals surface area contributed by atoms with Gasteiger partial charge in [-0.15, -0.1) is 0 Å². The third kappa shape index (κ3) is 9.38. The minimum absolute atomic E-state index is 0.00677. The first-order valence-corrected chi connectivity index (χ1v) is 26.8. The van der Waals surface area contributed by atoms with Crippen molar-refractivity contribution in [2.45, 2.75) is 101 Å². The third-order valence-electron chi connectivity index (χ3n) is 17.3. The normalized spacial score (nSPS) is 24.3. The second kappa shape index (κ2) is 21.1. The van der Waals surface area contributed by atoms with Crippen molar-refractivity contribution in [3.63, 3.8) is 0 Å². The number of phenols is 3. The lowest BCUT2D eigenvalue weighted by Crippen LogP contribution is -2.65. The van der Waals surface area contributed by atoms with Gasteiger partial charge in [-0.1, -0.05) is 72.8 Å². The van der Waals surface area contributed by atoms with Crippen LogP contribution in [0.25, 0.3) is 32.7 Å². The molecule has 9 atom stereocenters. The number of methoxy groups -OCH3 is 2. The molecule has 2 saturated carbocycles. The number of benzene rings is 7. The van der Waals surface area contributed by atoms with Crippen molar-refractivity contribution >= 4 is 33.5 Å². The van der Waals surface area contributed by atoms with Gasteiger partial charge in [0.05, 0.1) is 26.7 Å². The number of aromatic hydroxyl groups is 3. The molecule has 394 valence electrons. The van der Waals surface area contributed by atoms with Gasteiger partial charge in [0.25, 0.3) is 0 Å². The van der Waals surface area contributed by atoms with Crippen LogP contribution in [0.1, 0.15) is 90.3 Å². The van der Waals surface area contributed by atoms with Crippen molar-refractivity contribution in [1.82, 2.24) is 5.32 Å². The molecular formula is C64H67NO11. The summed E-state index contributed by atoms with van der Waals surface area (Å²) in [6.07, 6.45) is 0.352. The monoisotopic (exact) mass is 1030 g/mol. The summed E-state index contributed by atoms with van der Waals surface area (Å²) in [7, 11) is 3.06. The summed E-state index contributed by atoms with van der Waals surface area (Å²) in [6, 6.07) is 39.8. The second-order valence-corrected chi connectivity index (χ2v) is 21.5. The second-order valence-electron chi connectivity index (χ2n) is 21.5. The minimum Gasteiger partial charge on any atom is -0.508 e. The average Bonchev–Trinajstić information content (AvgIpc) is 3.55. The number of phenolic OH excluding ortho intramolecular Hbond substituents is 3. The van der Waals surface area contributed by atoms with Gasteiger partial charge >= 0.3 is 11.9 Å². The van der Waals surface area contributed by atoms with E-state index in [1.165, 1.54) is 21.1 Å². The minimum atomic E-state index is -0.804. The summed E-state index contributed by atoms with van der Waals surface area (Å²) in [5.74, 6) is -1.86. The highest BCUT2D eigenvalue weighted by Gasteiger charge is 2.67. The van der Waals surface area contributed by atoms with Gasteiger partial charge in [-0.2, -0.15) is 0 Å². The zero-order valence-corrected chi connectivity index (χ0v) is 43.6. The molecule has 5 N–H and O–H groups in total. The molecule has 12 nitrogen and oxygen atoms in total. The molecule has 0 saturated heterocycles. The van der Waals surface area contributed by atoms with E-state index in [4.69, 9.17) is 23.7 Å². The molecule has 12 heteroatoms. The molecule has 0 spiro atoms. The summed E-state index contributed by atoms with van der Waals surface area (Å²) in [4.78, 5) is 28.4. The van der Waals surface area contributed by atoms with Crippen LogP contribution in [0, 0.1) is 17.8 Å². The van der Waals surface area contributed by atoms with E-state index in [9.17, 15) is 30.0 Å². The maximum Gasteiger partial charge on any atom is 0.310 e. The molecule has 0 aromatic heterocycles. The number of carbonyl (C=O) groups excluding carboxylic acids is 2. The van der Waals surface area contributed by atoms with Gasteiger partial charge in [0, 0.05) is 44.4 Å². The van der Waals surface area contributed by atoms with E-state index in [-0.39, 0.29) is 53.8 Å². The summed E-state index contributed by atoms with van der Waals surface area (Å²) >= 11 is 0. The number of fused-ring (bicyclic) bond motifs is 6. The fourth-order valence-corrected chi connectivity index (χ4v) is 14.4. The Balaban J connectivity index is 1.00. The molecule has 11 rings (SSSR count). The molecule has 0 radical (unpaired) electrons. The van der Waals surface area contributed by atoms with Gasteiger partial charge in [0.1, 0.15) is 18.0 Å². The number of aliphatic hydroxyl groups is 1. The summed E-state index contributed by atoms with van der Waals surface area (Å²) in [5.41, 5.74) is 7.54. The van der Waals surface area contributed by atoms with E-state index in [0.717, 1.165) is 84.6 Å². The zero-order chi connectivity index (χ0) is 52.8. The summed E-state index contributed by atoms with van der Waals surface area (Å²) < 4.78 is 30.3. The van der Waals surface area contributed by atoms with Gasteiger partial charge in [-0.3, -0.25) is 9.59 Å². The van der Waals surface area contributed by atoms with E-state index < -0.39 is 41.6 Å². The molecule has 0 bridgehead atoms. The van der Waals surface area contributed by atoms with Crippen molar-refractivity contribution in [2.75, 3.05) is 34.0 Å². The summed E-state index contributed by atoms with van der Waals surface area (Å²) in [5, 5.41) is 53.8. The standard InChI is InChI=1S/C64H67NO11/c1-5-74-19-9-18-65-35-38-10-8-13-41(20-38)49-29-46(67)24-42-15-14-37(21-48(42)49)22-62(71)76-47-30-52-50-33-61(73-4)57(69)27-43(50)25-53-56(68)34-54-51-32-58(70)60(72-3)28-44(51)26-55(59(31-47)75-36(2)66)64(54,63(52)53)45-17-16-39-11-6-7-12-40(39)23-45/h6-8,10-17,20-21,23-24,27-29,32-33,47,52-56,59,63,65,67-70H,5,9,18-19,22,25-26,30-31,34-35H2,1-4H3/t47-,52+,53+,54-,55+,56+,59+,63-,64+/m0/s1. The van der Waals surface area contributed by atoms with E-state index in [1.807, 2.05) is 67.6 Å². The number of aliphatic hydroxyl groups excluding tert-OH is 1. The SMILES string of the molecule is CCOCCCNCc1cccc(-c2cc(O)cc3ccc(CC(=O)O[C@H]4C[C@@H]5c6cc(OC)c(O)cc6C[C@H]6[C@H]5[C@@]5(c7ccc8ccccc8c7)[C@H](Cc7cc(OC)c(O)cc7[C@@H]5C[C@H]6O)[C@H](OC(C)=O)C4)cc23)c1. The van der Waals surface area contributed by atoms with Crippen LogP contribution < -0.4 is 14.8 Å². The molecule has 7 aromatic carbocycles. The van der Waals surface area contributed by atoms with Crippen LogP contribution >= 0.6 is 0 Å². The Morgan fingerprint density at radius 1 is 0.724 bits per heavy atom. The zero-order valence-electron chi connectivity index (χ0n) is 43.6. The molecular weight excluding hydrogens is 959 g/mol. The highest BCUT2D eigenvalue weighted by molar-refractivity contribution is 5.98. The lowest BCUT2D eigenvalue weighted by atomic mass is 9.38. The molecule has 7 aromatic rings. The van der Waals surface area contributed by atoms with Crippen molar-refractivity contribution in [3.8, 4) is 39.9 Å². The first-order chi connectivity index (χ1) is 36.9. The maximum atomic E-state index is 14.8. The molecule has 76 heavy (non-hydrogen) atoms. The quantitative estimate of drug-likeness (QED) is 0.0487. The predicted molar refractivity (Wildman–Crippen MR) is 291 cm³/mol. The number of hydrogen-bond acceptors (Lipinski definition) is 12. The molecule has 0 aliphatic heterocycles. The highest BCUT2D eigenvalue weighted by atomic mass is 16.6. The summed E-state index contributed by atoms with van der Waals surface area (Å²) in [6.45, 7) is 6.33. The Bertz CT molecular complexity index is 3330. The highest BCUT2D eigenvalue weighted by Crippen LogP contribution is 2.69. The van der Waals surface area contributed by atoms with E-state index in [2.05, 4.69) is 47.8 Å². The number of esters is 2. The Hall–Kier alpha value is -7.12. The molecule has 0 amide bonds. The van der Waals surface area contributed by atoms with Crippen molar-refractivity contribution < 1.29 is 53.7 Å². The number of ether oxygens (including phenoxy) is 5. The van der Waals surface area contributed by atoms with Crippen molar-refractivity contribution in [1.29, 1.82) is 0 Å². The smallest absolute Gasteiger partial charge is 0.310 e. The molecule has 4 aliphatic carbocycles. The van der Waals surface area contributed by atoms with Crippen LogP contribution in [0.2, 0.25) is 0 Å². The Labute approximate surface area is 443 Å². The fourth-order valence-electron chi connectivity index (χ4n) is 14.4. The van der Waals surface area contributed by atoms with Crippen molar-refractivity contribution in [3.05, 3.63) is 160 Å². The molecule has 4 aliphatic rings. The van der Waals surface area contributed by atoms with Crippen LogP contribution in [-0.2, 0) is 55.0 Å². The van der Waals surface area contributed by atoms with Crippen molar-refractivity contribution in [2.24, 2.45) is 17.8 Å². The van der Waals surface area contributed by atoms with E-state index in [1.54, 1.807) is 18.2 Å². The van der Waals surface area contributed by atoms with Crippen LogP contribution in [0.4, 0.5) is 0 Å². The topological polar surface area (TPSA) is 173 Å². The van der Waals surface area contributed by atoms with Gasteiger partial charge in [0.15, 0.2) is 23.0 Å². The maximum absolute atomic E-state index is 14.8. The Kier molecular flexibility index (Phi) is 14.2. The molecule has 2 fully saturated rings. The fraction of sp³-hybridized carbons (Fsp3) is 0.375. The molecule has 0 unspecified atom stereocenters. The third-order valence-corrected chi connectivity index (χ3v) is 17.3. The number of carbonyl (C=O) groups is 2. The average molecular weight is 1030 g/mol. The first kappa shape index (κ1) is 51.0. The largest absolute Gasteiger partial charge is 0.508 e. The van der Waals surface area contributed by atoms with Gasteiger partial charge < -0.3 is 49.4 Å². The predicted octanol–water partition coefficient (Wildman–Crippen LogP) is 10.7.